The molecule has 0 spiro atoms. The number of pyridine rings is 1. The van der Waals surface area contributed by atoms with Crippen LogP contribution in [0.5, 0.6) is 0 Å². The fourth-order valence-electron chi connectivity index (χ4n) is 2.45. The molecule has 0 fully saturated rings. The highest BCUT2D eigenvalue weighted by molar-refractivity contribution is 7.99. The zero-order valence-electron chi connectivity index (χ0n) is 14.9. The first-order valence-electron chi connectivity index (χ1n) is 8.39. The third-order valence-electron chi connectivity index (χ3n) is 3.93. The smallest absolute Gasteiger partial charge is 0.278 e. The largest absolute Gasteiger partial charge is 0.301 e. The fraction of sp³-hybridized carbons (Fsp3) is 0.105. The van der Waals surface area contributed by atoms with E-state index in [9.17, 15) is 18.5 Å². The molecular formula is C19H17N3O4S2. The molecule has 0 atom stereocenters. The normalized spacial score (nSPS) is 11.2. The van der Waals surface area contributed by atoms with Crippen molar-refractivity contribution in [3.63, 3.8) is 0 Å². The number of nitro groups is 1. The van der Waals surface area contributed by atoms with E-state index < -0.39 is 14.9 Å². The molecule has 7 nitrogen and oxygen atoms in total. The van der Waals surface area contributed by atoms with Crippen molar-refractivity contribution in [2.45, 2.75) is 28.2 Å². The molecule has 9 heteroatoms. The monoisotopic (exact) mass is 415 g/mol. The number of sulfonamides is 1. The second-order valence-electron chi connectivity index (χ2n) is 5.79. The maximum Gasteiger partial charge on any atom is 0.301 e. The summed E-state index contributed by atoms with van der Waals surface area (Å²) < 4.78 is 28.0. The molecule has 1 heterocycles. The molecule has 0 unspecified atom stereocenters. The number of nitrogens with zero attached hydrogens (tertiary/aromatic N) is 2. The Kier molecular flexibility index (Phi) is 5.96. The van der Waals surface area contributed by atoms with Crippen LogP contribution in [0.3, 0.4) is 0 Å². The van der Waals surface area contributed by atoms with Crippen molar-refractivity contribution < 1.29 is 13.3 Å². The average Bonchev–Trinajstić information content (AvgIpc) is 2.69. The number of para-hydroxylation sites is 1. The quantitative estimate of drug-likeness (QED) is 0.450. The summed E-state index contributed by atoms with van der Waals surface area (Å²) in [7, 11) is -3.80. The van der Waals surface area contributed by atoms with Gasteiger partial charge in [0.05, 0.1) is 15.5 Å². The molecule has 0 aliphatic rings. The average molecular weight is 415 g/mol. The van der Waals surface area contributed by atoms with Gasteiger partial charge in [-0.15, -0.1) is 0 Å². The molecular weight excluding hydrogens is 398 g/mol. The van der Waals surface area contributed by atoms with Gasteiger partial charge in [-0.25, -0.2) is 13.4 Å². The van der Waals surface area contributed by atoms with Crippen LogP contribution in [-0.4, -0.2) is 18.3 Å². The second-order valence-corrected chi connectivity index (χ2v) is 8.50. The summed E-state index contributed by atoms with van der Waals surface area (Å²) in [6, 6.07) is 16.2. The molecule has 0 amide bonds. The SMILES string of the molecule is CCc1ccc(S(=O)(=O)Nc2ccccc2Sc2ncccc2[N+](=O)[O-])cc1. The van der Waals surface area contributed by atoms with Crippen molar-refractivity contribution >= 4 is 33.2 Å². The zero-order chi connectivity index (χ0) is 20.1. The summed E-state index contributed by atoms with van der Waals surface area (Å²) in [5.41, 5.74) is 1.23. The van der Waals surface area contributed by atoms with Crippen molar-refractivity contribution in [3.05, 3.63) is 82.5 Å². The highest BCUT2D eigenvalue weighted by atomic mass is 32.2. The molecule has 0 saturated heterocycles. The first kappa shape index (κ1) is 19.8. The van der Waals surface area contributed by atoms with Gasteiger partial charge in [-0.05, 0) is 42.3 Å². The van der Waals surface area contributed by atoms with Crippen LogP contribution in [0.25, 0.3) is 0 Å². The highest BCUT2D eigenvalue weighted by Crippen LogP contribution is 2.37. The van der Waals surface area contributed by atoms with Crippen molar-refractivity contribution in [2.75, 3.05) is 4.72 Å². The van der Waals surface area contributed by atoms with E-state index in [-0.39, 0.29) is 15.6 Å². The Hall–Kier alpha value is -2.91. The summed E-state index contributed by atoms with van der Waals surface area (Å²) in [5, 5.41) is 11.4. The molecule has 0 aliphatic heterocycles. The van der Waals surface area contributed by atoms with Gasteiger partial charge in [-0.2, -0.15) is 0 Å². The van der Waals surface area contributed by atoms with Gasteiger partial charge in [0.2, 0.25) is 0 Å². The number of hydrogen-bond acceptors (Lipinski definition) is 6. The van der Waals surface area contributed by atoms with Crippen molar-refractivity contribution in [2.24, 2.45) is 0 Å². The molecule has 0 bridgehead atoms. The molecule has 0 aliphatic carbocycles. The number of anilines is 1. The molecule has 2 aromatic carbocycles. The number of hydrogen-bond donors (Lipinski definition) is 1. The summed E-state index contributed by atoms with van der Waals surface area (Å²) in [4.78, 5) is 15.4. The predicted octanol–water partition coefficient (Wildman–Crippen LogP) is 4.50. The lowest BCUT2D eigenvalue weighted by atomic mass is 10.2. The first-order valence-corrected chi connectivity index (χ1v) is 10.7. The number of aromatic nitrogens is 1. The van der Waals surface area contributed by atoms with Crippen LogP contribution in [0, 0.1) is 10.1 Å². The fourth-order valence-corrected chi connectivity index (χ4v) is 4.54. The molecule has 0 radical (unpaired) electrons. The minimum Gasteiger partial charge on any atom is -0.278 e. The number of nitrogens with one attached hydrogen (secondary N) is 1. The van der Waals surface area contributed by atoms with E-state index in [1.165, 1.54) is 18.3 Å². The van der Waals surface area contributed by atoms with Crippen LogP contribution in [0.15, 0.2) is 81.7 Å². The molecule has 3 aromatic rings. The van der Waals surface area contributed by atoms with Gasteiger partial charge in [-0.3, -0.25) is 14.8 Å². The van der Waals surface area contributed by atoms with Gasteiger partial charge in [0.25, 0.3) is 10.0 Å². The standard InChI is InChI=1S/C19H17N3O4S2/c1-2-14-9-11-15(12-10-14)28(25,26)21-16-6-3-4-8-18(16)27-19-17(22(23)24)7-5-13-20-19/h3-13,21H,2H2,1H3. The lowest BCUT2D eigenvalue weighted by Gasteiger charge is -2.12. The highest BCUT2D eigenvalue weighted by Gasteiger charge is 2.20. The first-order chi connectivity index (χ1) is 13.4. The van der Waals surface area contributed by atoms with Crippen LogP contribution < -0.4 is 4.72 Å². The van der Waals surface area contributed by atoms with Crippen molar-refractivity contribution in [1.29, 1.82) is 0 Å². The Morgan fingerprint density at radius 3 is 2.46 bits per heavy atom. The minimum atomic E-state index is -3.80. The van der Waals surface area contributed by atoms with Gasteiger partial charge in [0.1, 0.15) is 0 Å². The molecule has 3 rings (SSSR count). The third kappa shape index (κ3) is 4.49. The van der Waals surface area contributed by atoms with E-state index in [4.69, 9.17) is 0 Å². The van der Waals surface area contributed by atoms with Gasteiger partial charge in [0, 0.05) is 17.2 Å². The minimum absolute atomic E-state index is 0.139. The van der Waals surface area contributed by atoms with Crippen molar-refractivity contribution in [3.8, 4) is 0 Å². The lowest BCUT2D eigenvalue weighted by Crippen LogP contribution is -2.13. The summed E-state index contributed by atoms with van der Waals surface area (Å²) in [6.07, 6.45) is 2.27. The van der Waals surface area contributed by atoms with Crippen LogP contribution in [0.1, 0.15) is 12.5 Å². The van der Waals surface area contributed by atoms with Crippen LogP contribution in [0.2, 0.25) is 0 Å². The van der Waals surface area contributed by atoms with Crippen LogP contribution >= 0.6 is 11.8 Å². The molecule has 144 valence electrons. The van der Waals surface area contributed by atoms with Crippen LogP contribution in [-0.2, 0) is 16.4 Å². The summed E-state index contributed by atoms with van der Waals surface area (Å²) >= 11 is 1.03. The summed E-state index contributed by atoms with van der Waals surface area (Å²) in [5.74, 6) is 0. The Bertz CT molecular complexity index is 1100. The van der Waals surface area contributed by atoms with Gasteiger partial charge in [0.15, 0.2) is 5.03 Å². The Balaban J connectivity index is 1.91. The van der Waals surface area contributed by atoms with Gasteiger partial charge >= 0.3 is 5.69 Å². The number of aryl methyl sites for hydroxylation is 1. The Morgan fingerprint density at radius 1 is 1.07 bits per heavy atom. The molecule has 1 N–H and O–H groups in total. The zero-order valence-corrected chi connectivity index (χ0v) is 16.5. The molecule has 1 aromatic heterocycles. The summed E-state index contributed by atoms with van der Waals surface area (Å²) in [6.45, 7) is 1.99. The third-order valence-corrected chi connectivity index (χ3v) is 6.39. The van der Waals surface area contributed by atoms with E-state index in [0.717, 1.165) is 23.7 Å². The maximum atomic E-state index is 12.7. The van der Waals surface area contributed by atoms with Crippen molar-refractivity contribution in [1.82, 2.24) is 4.98 Å². The molecule has 28 heavy (non-hydrogen) atoms. The van der Waals surface area contributed by atoms with E-state index >= 15 is 0 Å². The Labute approximate surface area is 167 Å². The second kappa shape index (κ2) is 8.41. The number of rotatable bonds is 7. The van der Waals surface area contributed by atoms with Gasteiger partial charge < -0.3 is 0 Å². The van der Waals surface area contributed by atoms with E-state index in [2.05, 4.69) is 9.71 Å². The number of benzene rings is 2. The van der Waals surface area contributed by atoms with E-state index in [1.54, 1.807) is 48.5 Å². The van der Waals surface area contributed by atoms with Gasteiger partial charge in [-0.1, -0.05) is 43.0 Å². The lowest BCUT2D eigenvalue weighted by molar-refractivity contribution is -0.388. The van der Waals surface area contributed by atoms with E-state index in [1.807, 2.05) is 6.92 Å². The predicted molar refractivity (Wildman–Crippen MR) is 108 cm³/mol. The maximum absolute atomic E-state index is 12.7. The Morgan fingerprint density at radius 2 is 1.79 bits per heavy atom. The molecule has 0 saturated carbocycles. The van der Waals surface area contributed by atoms with Crippen LogP contribution in [0.4, 0.5) is 11.4 Å². The van der Waals surface area contributed by atoms with E-state index in [0.29, 0.717) is 10.6 Å². The topological polar surface area (TPSA) is 102 Å².